The topological polar surface area (TPSA) is 113 Å². The number of sulfone groups is 1. The summed E-state index contributed by atoms with van der Waals surface area (Å²) in [4.78, 5) is 21.3. The Morgan fingerprint density at radius 3 is 2.31 bits per heavy atom. The number of rotatable bonds is 3. The fourth-order valence-electron chi connectivity index (χ4n) is 1.43. The van der Waals surface area contributed by atoms with Gasteiger partial charge < -0.3 is 15.7 Å². The highest BCUT2D eigenvalue weighted by Gasteiger charge is 2.24. The monoisotopic (exact) mass is 250 g/mol. The van der Waals surface area contributed by atoms with Crippen LogP contribution in [0, 0.1) is 0 Å². The first-order valence-corrected chi connectivity index (χ1v) is 6.68. The molecule has 0 saturated carbocycles. The summed E-state index contributed by atoms with van der Waals surface area (Å²) in [5.74, 6) is -0.991. The minimum atomic E-state index is -2.94. The third kappa shape index (κ3) is 4.47. The number of hydrogen-bond acceptors (Lipinski definition) is 4. The van der Waals surface area contributed by atoms with Crippen molar-refractivity contribution in [2.45, 2.75) is 18.9 Å². The molecular formula is C8H14N2O5S. The van der Waals surface area contributed by atoms with Crippen LogP contribution in [0.25, 0.3) is 0 Å². The molecule has 0 atom stereocenters. The standard InChI is InChI=1S/C8H14N2O5S/c11-7(12)5-9-8(13)10-6-1-3-16(14,15)4-2-6/h6H,1-5H2,(H,11,12)(H2,9,10,13). The van der Waals surface area contributed by atoms with Gasteiger partial charge in [-0.3, -0.25) is 4.79 Å². The molecule has 0 aromatic carbocycles. The molecule has 0 aliphatic carbocycles. The number of carboxylic acid groups (broad SMARTS) is 1. The van der Waals surface area contributed by atoms with Crippen molar-refractivity contribution in [3.05, 3.63) is 0 Å². The Bertz CT molecular complexity index is 364. The zero-order chi connectivity index (χ0) is 12.2. The third-order valence-electron chi connectivity index (χ3n) is 2.29. The van der Waals surface area contributed by atoms with Gasteiger partial charge >= 0.3 is 12.0 Å². The molecule has 1 aliphatic heterocycles. The number of carboxylic acids is 1. The van der Waals surface area contributed by atoms with Gasteiger partial charge in [0.2, 0.25) is 0 Å². The minimum Gasteiger partial charge on any atom is -0.480 e. The van der Waals surface area contributed by atoms with E-state index in [0.29, 0.717) is 12.8 Å². The number of carbonyl (C=O) groups is 2. The van der Waals surface area contributed by atoms with Crippen LogP contribution in [0.1, 0.15) is 12.8 Å². The Labute approximate surface area is 93.1 Å². The van der Waals surface area contributed by atoms with Gasteiger partial charge in [-0.25, -0.2) is 13.2 Å². The summed E-state index contributed by atoms with van der Waals surface area (Å²) in [5, 5.41) is 13.0. The first-order chi connectivity index (χ1) is 7.39. The summed E-state index contributed by atoms with van der Waals surface area (Å²) in [6.07, 6.45) is 0.756. The lowest BCUT2D eigenvalue weighted by Gasteiger charge is -2.22. The molecular weight excluding hydrogens is 236 g/mol. The third-order valence-corrected chi connectivity index (χ3v) is 4.01. The van der Waals surface area contributed by atoms with Gasteiger partial charge in [-0.1, -0.05) is 0 Å². The van der Waals surface area contributed by atoms with E-state index in [4.69, 9.17) is 5.11 Å². The molecule has 1 aliphatic rings. The van der Waals surface area contributed by atoms with Crippen molar-refractivity contribution in [2.75, 3.05) is 18.1 Å². The molecule has 92 valence electrons. The fourth-order valence-corrected chi connectivity index (χ4v) is 2.92. The van der Waals surface area contributed by atoms with Crippen molar-refractivity contribution >= 4 is 21.8 Å². The lowest BCUT2D eigenvalue weighted by atomic mass is 10.2. The number of nitrogens with one attached hydrogen (secondary N) is 2. The minimum absolute atomic E-state index is 0.0663. The molecule has 0 spiro atoms. The smallest absolute Gasteiger partial charge is 0.323 e. The molecule has 7 nitrogen and oxygen atoms in total. The summed E-state index contributed by atoms with van der Waals surface area (Å²) >= 11 is 0. The second-order valence-electron chi connectivity index (χ2n) is 3.65. The van der Waals surface area contributed by atoms with Gasteiger partial charge in [0.05, 0.1) is 11.5 Å². The average Bonchev–Trinajstić information content (AvgIpc) is 2.18. The quantitative estimate of drug-likeness (QED) is 0.591. The van der Waals surface area contributed by atoms with Gasteiger partial charge in [0, 0.05) is 6.04 Å². The van der Waals surface area contributed by atoms with E-state index >= 15 is 0 Å². The van der Waals surface area contributed by atoms with Gasteiger partial charge in [-0.15, -0.1) is 0 Å². The van der Waals surface area contributed by atoms with Gasteiger partial charge in [0.15, 0.2) is 0 Å². The fraction of sp³-hybridized carbons (Fsp3) is 0.750. The predicted molar refractivity (Wildman–Crippen MR) is 55.8 cm³/mol. The van der Waals surface area contributed by atoms with Crippen molar-refractivity contribution in [1.82, 2.24) is 10.6 Å². The molecule has 2 amide bonds. The van der Waals surface area contributed by atoms with E-state index in [9.17, 15) is 18.0 Å². The zero-order valence-corrected chi connectivity index (χ0v) is 9.42. The van der Waals surface area contributed by atoms with E-state index in [0.717, 1.165) is 0 Å². The predicted octanol–water partition coefficient (Wildman–Crippen LogP) is -1.05. The number of hydrogen-bond donors (Lipinski definition) is 3. The van der Waals surface area contributed by atoms with Crippen LogP contribution in [-0.4, -0.2) is 49.6 Å². The number of urea groups is 1. The molecule has 1 fully saturated rings. The summed E-state index contributed by atoms with van der Waals surface area (Å²) in [7, 11) is -2.94. The lowest BCUT2D eigenvalue weighted by Crippen LogP contribution is -2.46. The first-order valence-electron chi connectivity index (χ1n) is 4.85. The molecule has 0 aromatic heterocycles. The van der Waals surface area contributed by atoms with E-state index < -0.39 is 28.4 Å². The Hall–Kier alpha value is -1.31. The molecule has 0 radical (unpaired) electrons. The Morgan fingerprint density at radius 1 is 1.25 bits per heavy atom. The van der Waals surface area contributed by atoms with E-state index in [1.54, 1.807) is 0 Å². The maximum absolute atomic E-state index is 11.1. The van der Waals surface area contributed by atoms with Crippen LogP contribution in [0.3, 0.4) is 0 Å². The lowest BCUT2D eigenvalue weighted by molar-refractivity contribution is -0.135. The Kier molecular flexibility index (Phi) is 4.11. The zero-order valence-electron chi connectivity index (χ0n) is 8.60. The van der Waals surface area contributed by atoms with Crippen LogP contribution in [0.4, 0.5) is 4.79 Å². The summed E-state index contributed by atoms with van der Waals surface area (Å²) < 4.78 is 22.2. The maximum Gasteiger partial charge on any atom is 0.323 e. The molecule has 0 unspecified atom stereocenters. The van der Waals surface area contributed by atoms with Crippen LogP contribution in [-0.2, 0) is 14.6 Å². The van der Waals surface area contributed by atoms with Crippen LogP contribution in [0.15, 0.2) is 0 Å². The van der Waals surface area contributed by atoms with Gasteiger partial charge in [0.1, 0.15) is 16.4 Å². The summed E-state index contributed by atoms with van der Waals surface area (Å²) in [6.45, 7) is -0.448. The highest BCUT2D eigenvalue weighted by molar-refractivity contribution is 7.91. The van der Waals surface area contributed by atoms with E-state index in [2.05, 4.69) is 10.6 Å². The van der Waals surface area contributed by atoms with Crippen molar-refractivity contribution in [3.63, 3.8) is 0 Å². The SMILES string of the molecule is O=C(O)CNC(=O)NC1CCS(=O)(=O)CC1. The second-order valence-corrected chi connectivity index (χ2v) is 5.95. The summed E-state index contributed by atoms with van der Waals surface area (Å²) in [5.41, 5.74) is 0. The number of amides is 2. The molecule has 3 N–H and O–H groups in total. The van der Waals surface area contributed by atoms with Crippen LogP contribution >= 0.6 is 0 Å². The second kappa shape index (κ2) is 5.15. The highest BCUT2D eigenvalue weighted by atomic mass is 32.2. The van der Waals surface area contributed by atoms with E-state index in [1.807, 2.05) is 0 Å². The van der Waals surface area contributed by atoms with Crippen LogP contribution in [0.5, 0.6) is 0 Å². The van der Waals surface area contributed by atoms with E-state index in [1.165, 1.54) is 0 Å². The molecule has 8 heteroatoms. The molecule has 0 aromatic rings. The number of carbonyl (C=O) groups excluding carboxylic acids is 1. The molecule has 1 rings (SSSR count). The van der Waals surface area contributed by atoms with Crippen molar-refractivity contribution in [1.29, 1.82) is 0 Å². The average molecular weight is 250 g/mol. The van der Waals surface area contributed by atoms with Crippen LogP contribution in [0.2, 0.25) is 0 Å². The Morgan fingerprint density at radius 2 is 1.81 bits per heavy atom. The molecule has 1 heterocycles. The van der Waals surface area contributed by atoms with Crippen molar-refractivity contribution in [3.8, 4) is 0 Å². The number of aliphatic carboxylic acids is 1. The first kappa shape index (κ1) is 12.8. The van der Waals surface area contributed by atoms with Crippen molar-refractivity contribution < 1.29 is 23.1 Å². The van der Waals surface area contributed by atoms with Crippen molar-refractivity contribution in [2.24, 2.45) is 0 Å². The summed E-state index contributed by atoms with van der Waals surface area (Å²) in [6, 6.07) is -0.774. The molecule has 1 saturated heterocycles. The largest absolute Gasteiger partial charge is 0.480 e. The maximum atomic E-state index is 11.1. The molecule has 16 heavy (non-hydrogen) atoms. The van der Waals surface area contributed by atoms with Crippen LogP contribution < -0.4 is 10.6 Å². The normalized spacial score (nSPS) is 20.0. The van der Waals surface area contributed by atoms with Gasteiger partial charge in [0.25, 0.3) is 0 Å². The van der Waals surface area contributed by atoms with Gasteiger partial charge in [-0.05, 0) is 12.8 Å². The Balaban J connectivity index is 2.28. The molecule has 0 bridgehead atoms. The van der Waals surface area contributed by atoms with E-state index in [-0.39, 0.29) is 17.5 Å². The highest BCUT2D eigenvalue weighted by Crippen LogP contribution is 2.11. The van der Waals surface area contributed by atoms with Gasteiger partial charge in [-0.2, -0.15) is 0 Å².